The van der Waals surface area contributed by atoms with E-state index in [2.05, 4.69) is 31.9 Å². The maximum atomic E-state index is 11.1. The number of rotatable bonds is 2. The van der Waals surface area contributed by atoms with Gasteiger partial charge in [-0.3, -0.25) is 10.1 Å². The molecule has 1 saturated carbocycles. The predicted octanol–water partition coefficient (Wildman–Crippen LogP) is 2.29. The second-order valence-corrected chi connectivity index (χ2v) is 8.44. The third-order valence-electron chi connectivity index (χ3n) is 3.37. The molecule has 5 nitrogen and oxygen atoms in total. The maximum absolute atomic E-state index is 11.1. The summed E-state index contributed by atoms with van der Waals surface area (Å²) < 4.78 is 10.4. The van der Waals surface area contributed by atoms with Gasteiger partial charge in [-0.15, -0.1) is 0 Å². The molecule has 1 aliphatic carbocycles. The first-order valence-corrected chi connectivity index (χ1v) is 6.55. The van der Waals surface area contributed by atoms with Crippen LogP contribution in [0.15, 0.2) is 0 Å². The zero-order valence-corrected chi connectivity index (χ0v) is 12.4. The molecular formula is C9H13Br2NO4. The molecule has 7 heteroatoms. The molecule has 0 aromatic rings. The minimum atomic E-state index is -1.05. The minimum Gasteiger partial charge on any atom is -0.348 e. The van der Waals surface area contributed by atoms with Gasteiger partial charge < -0.3 is 9.47 Å². The van der Waals surface area contributed by atoms with Crippen molar-refractivity contribution in [3.8, 4) is 0 Å². The van der Waals surface area contributed by atoms with Crippen molar-refractivity contribution in [1.29, 1.82) is 0 Å². The molecule has 0 unspecified atom stereocenters. The van der Waals surface area contributed by atoms with Gasteiger partial charge in [0.15, 0.2) is 9.02 Å². The lowest BCUT2D eigenvalue weighted by Gasteiger charge is -2.16. The molecule has 1 aliphatic heterocycles. The zero-order chi connectivity index (χ0) is 12.4. The number of nitro groups is 1. The van der Waals surface area contributed by atoms with Crippen LogP contribution in [0.5, 0.6) is 0 Å². The quantitative estimate of drug-likeness (QED) is 0.431. The lowest BCUT2D eigenvalue weighted by Crippen LogP contribution is -2.28. The van der Waals surface area contributed by atoms with Gasteiger partial charge in [-0.25, -0.2) is 0 Å². The lowest BCUT2D eigenvalue weighted by molar-refractivity contribution is -0.538. The zero-order valence-electron chi connectivity index (χ0n) is 9.20. The van der Waals surface area contributed by atoms with Gasteiger partial charge in [0.25, 0.3) is 5.54 Å². The summed E-state index contributed by atoms with van der Waals surface area (Å²) >= 11 is 6.73. The van der Waals surface area contributed by atoms with Crippen molar-refractivity contribution in [3.05, 3.63) is 10.1 Å². The molecule has 3 atom stereocenters. The first-order valence-electron chi connectivity index (χ1n) is 4.97. The van der Waals surface area contributed by atoms with Crippen LogP contribution < -0.4 is 0 Å². The van der Waals surface area contributed by atoms with Gasteiger partial charge in [-0.2, -0.15) is 0 Å². The van der Waals surface area contributed by atoms with Crippen molar-refractivity contribution in [2.45, 2.75) is 41.4 Å². The van der Waals surface area contributed by atoms with E-state index in [9.17, 15) is 10.1 Å². The Morgan fingerprint density at radius 1 is 1.38 bits per heavy atom. The summed E-state index contributed by atoms with van der Waals surface area (Å²) in [6, 6.07) is 0. The average molecular weight is 359 g/mol. The van der Waals surface area contributed by atoms with Crippen molar-refractivity contribution in [2.75, 3.05) is 6.61 Å². The molecule has 0 bridgehead atoms. The summed E-state index contributed by atoms with van der Waals surface area (Å²) in [5, 5.41) is 11.1. The number of halogens is 2. The van der Waals surface area contributed by atoms with E-state index in [4.69, 9.17) is 9.47 Å². The highest BCUT2D eigenvalue weighted by molar-refractivity contribution is 9.25. The monoisotopic (exact) mass is 357 g/mol. The van der Waals surface area contributed by atoms with Crippen LogP contribution in [0.2, 0.25) is 0 Å². The Bertz CT molecular complexity index is 346. The van der Waals surface area contributed by atoms with Crippen LogP contribution in [-0.2, 0) is 9.47 Å². The Morgan fingerprint density at radius 3 is 2.25 bits per heavy atom. The molecule has 0 radical (unpaired) electrons. The van der Waals surface area contributed by atoms with Crippen LogP contribution in [-0.4, -0.2) is 32.2 Å². The third kappa shape index (κ3) is 1.55. The molecule has 1 saturated heterocycles. The first-order chi connectivity index (χ1) is 7.13. The fraction of sp³-hybridized carbons (Fsp3) is 1.00. The van der Waals surface area contributed by atoms with Gasteiger partial charge >= 0.3 is 0 Å². The molecular weight excluding hydrogens is 346 g/mol. The number of hydrogen-bond acceptors (Lipinski definition) is 4. The molecule has 16 heavy (non-hydrogen) atoms. The van der Waals surface area contributed by atoms with Crippen molar-refractivity contribution < 1.29 is 14.4 Å². The van der Waals surface area contributed by atoms with Crippen LogP contribution in [0.4, 0.5) is 0 Å². The molecule has 0 aromatic carbocycles. The van der Waals surface area contributed by atoms with E-state index >= 15 is 0 Å². The highest BCUT2D eigenvalue weighted by atomic mass is 79.9. The van der Waals surface area contributed by atoms with E-state index in [0.29, 0.717) is 6.61 Å². The second kappa shape index (κ2) is 3.40. The summed E-state index contributed by atoms with van der Waals surface area (Å²) in [6.45, 7) is 5.61. The Balaban J connectivity index is 2.17. The Labute approximate surface area is 110 Å². The standard InChI is InChI=1S/C9H13Br2NO4/c1-7(2)15-4-5(16-7)6-8(3,12(13)14)9(6,10)11/h5-6H,4H2,1-3H3/t5-,6-,8-/m1/s1. The molecule has 0 aromatic heterocycles. The summed E-state index contributed by atoms with van der Waals surface area (Å²) in [4.78, 5) is 10.8. The molecule has 92 valence electrons. The minimum absolute atomic E-state index is 0.239. The average Bonchev–Trinajstić information content (AvgIpc) is 2.42. The second-order valence-electron chi connectivity index (χ2n) is 4.87. The number of hydrogen-bond donors (Lipinski definition) is 0. The van der Waals surface area contributed by atoms with E-state index < -0.39 is 14.6 Å². The van der Waals surface area contributed by atoms with Crippen LogP contribution in [0.25, 0.3) is 0 Å². The lowest BCUT2D eigenvalue weighted by atomic mass is 10.1. The largest absolute Gasteiger partial charge is 0.348 e. The SMILES string of the molecule is CC1(C)OC[C@H]([C@H]2C(Br)(Br)[C@]2(C)[N+](=O)[O-])O1. The van der Waals surface area contributed by atoms with E-state index in [1.54, 1.807) is 6.92 Å². The van der Waals surface area contributed by atoms with E-state index in [1.165, 1.54) is 0 Å². The Kier molecular flexibility index (Phi) is 2.70. The summed E-state index contributed by atoms with van der Waals surface area (Å²) in [7, 11) is 0. The van der Waals surface area contributed by atoms with Crippen LogP contribution in [0.1, 0.15) is 20.8 Å². The Morgan fingerprint density at radius 2 is 1.94 bits per heavy atom. The fourth-order valence-electron chi connectivity index (χ4n) is 2.26. The summed E-state index contributed by atoms with van der Waals surface area (Å²) in [5.74, 6) is -0.891. The van der Waals surface area contributed by atoms with Crippen LogP contribution in [0.3, 0.4) is 0 Å². The van der Waals surface area contributed by atoms with Gasteiger partial charge in [0.1, 0.15) is 0 Å². The van der Waals surface area contributed by atoms with Gasteiger partial charge in [0.2, 0.25) is 0 Å². The first kappa shape index (κ1) is 12.7. The predicted molar refractivity (Wildman–Crippen MR) is 64.4 cm³/mol. The summed E-state index contributed by atoms with van der Waals surface area (Å²) in [5.41, 5.74) is -1.05. The summed E-state index contributed by atoms with van der Waals surface area (Å²) in [6.07, 6.45) is -0.260. The van der Waals surface area contributed by atoms with Gasteiger partial charge in [-0.05, 0) is 13.8 Å². The van der Waals surface area contributed by atoms with Gasteiger partial charge in [-0.1, -0.05) is 31.9 Å². The molecule has 0 amide bonds. The maximum Gasteiger partial charge on any atom is 0.252 e. The smallest absolute Gasteiger partial charge is 0.252 e. The van der Waals surface area contributed by atoms with Gasteiger partial charge in [0, 0.05) is 11.8 Å². The van der Waals surface area contributed by atoms with Crippen molar-refractivity contribution in [2.24, 2.45) is 5.92 Å². The molecule has 2 fully saturated rings. The van der Waals surface area contributed by atoms with Gasteiger partial charge in [0.05, 0.1) is 18.6 Å². The highest BCUT2D eigenvalue weighted by Gasteiger charge is 2.85. The number of nitrogens with zero attached hydrogens (tertiary/aromatic N) is 1. The fourth-order valence-corrected chi connectivity index (χ4v) is 4.29. The van der Waals surface area contributed by atoms with Crippen molar-refractivity contribution >= 4 is 31.9 Å². The number of ether oxygens (including phenoxy) is 2. The van der Waals surface area contributed by atoms with E-state index in [-0.39, 0.29) is 16.9 Å². The van der Waals surface area contributed by atoms with Crippen molar-refractivity contribution in [3.63, 3.8) is 0 Å². The third-order valence-corrected chi connectivity index (χ3v) is 5.96. The van der Waals surface area contributed by atoms with Crippen LogP contribution >= 0.6 is 31.9 Å². The number of alkyl halides is 2. The highest BCUT2D eigenvalue weighted by Crippen LogP contribution is 2.68. The van der Waals surface area contributed by atoms with E-state index in [0.717, 1.165) is 0 Å². The van der Waals surface area contributed by atoms with E-state index in [1.807, 2.05) is 13.8 Å². The Hall–Kier alpha value is 0.280. The molecule has 0 N–H and O–H groups in total. The van der Waals surface area contributed by atoms with Crippen LogP contribution in [0, 0.1) is 16.0 Å². The molecule has 1 heterocycles. The molecule has 2 rings (SSSR count). The van der Waals surface area contributed by atoms with Crippen molar-refractivity contribution in [1.82, 2.24) is 0 Å². The molecule has 2 aliphatic rings. The molecule has 0 spiro atoms. The topological polar surface area (TPSA) is 61.6 Å². The normalized spacial score (nSPS) is 44.3.